The minimum atomic E-state index is -4.13. The topological polar surface area (TPSA) is 57.6 Å². The quantitative estimate of drug-likeness (QED) is 0.580. The van der Waals surface area contributed by atoms with Crippen molar-refractivity contribution in [1.29, 1.82) is 0 Å². The zero-order valence-electron chi connectivity index (χ0n) is 11.6. The summed E-state index contributed by atoms with van der Waals surface area (Å²) in [6.45, 7) is 0. The van der Waals surface area contributed by atoms with Gasteiger partial charge in [-0.05, 0) is 35.0 Å². The van der Waals surface area contributed by atoms with Gasteiger partial charge in [-0.2, -0.15) is 8.42 Å². The molecule has 0 atom stereocenters. The van der Waals surface area contributed by atoms with Gasteiger partial charge in [-0.25, -0.2) is 0 Å². The van der Waals surface area contributed by atoms with Crippen LogP contribution in [0, 0.1) is 0 Å². The van der Waals surface area contributed by atoms with Crippen molar-refractivity contribution in [2.24, 2.45) is 0 Å². The molecule has 0 aliphatic rings. The molecule has 2 rings (SSSR count). The van der Waals surface area contributed by atoms with Gasteiger partial charge in [-0.1, -0.05) is 12.1 Å². The first kappa shape index (κ1) is 15.5. The average Bonchev–Trinajstić information content (AvgIpc) is 2.26. The third-order valence-electron chi connectivity index (χ3n) is 2.61. The fraction of sp³-hybridized carbons (Fsp3) is 0.167. The maximum absolute atomic E-state index is 11.0. The van der Waals surface area contributed by atoms with Crippen LogP contribution in [-0.2, 0) is 10.1 Å². The third kappa shape index (κ3) is 3.24. The van der Waals surface area contributed by atoms with E-state index in [1.54, 1.807) is 6.07 Å². The summed E-state index contributed by atoms with van der Waals surface area (Å²) in [6, 6.07) is 10.2. The smallest absolute Gasteiger partial charge is 1.00 e. The normalized spacial score (nSPS) is 11.1. The Hall–Kier alpha value is -0.590. The van der Waals surface area contributed by atoms with E-state index < -0.39 is 10.1 Å². The SMILES string of the molecule is CN(C)c1ccc2cc(S(=O)(=O)O)ccc2c1.[H-].[Na+]. The maximum atomic E-state index is 11.0. The van der Waals surface area contributed by atoms with Crippen LogP contribution in [0.4, 0.5) is 5.69 Å². The minimum absolute atomic E-state index is 0. The van der Waals surface area contributed by atoms with Crippen LogP contribution in [-0.4, -0.2) is 27.1 Å². The van der Waals surface area contributed by atoms with Crippen molar-refractivity contribution < 1.29 is 44.0 Å². The Kier molecular flexibility index (Phi) is 4.80. The van der Waals surface area contributed by atoms with Gasteiger partial charge in [0.2, 0.25) is 0 Å². The van der Waals surface area contributed by atoms with E-state index in [4.69, 9.17) is 4.55 Å². The van der Waals surface area contributed by atoms with Gasteiger partial charge >= 0.3 is 29.6 Å². The molecule has 0 saturated heterocycles. The summed E-state index contributed by atoms with van der Waals surface area (Å²) in [7, 11) is -0.255. The average molecular weight is 275 g/mol. The molecule has 0 spiro atoms. The molecular formula is C12H14NNaO3S. The Bertz CT molecular complexity index is 674. The number of benzene rings is 2. The second kappa shape index (κ2) is 5.59. The first-order valence-electron chi connectivity index (χ1n) is 5.06. The van der Waals surface area contributed by atoms with Crippen LogP contribution >= 0.6 is 0 Å². The van der Waals surface area contributed by atoms with Crippen molar-refractivity contribution in [3.8, 4) is 0 Å². The molecule has 0 radical (unpaired) electrons. The Morgan fingerprint density at radius 1 is 1.06 bits per heavy atom. The Labute approximate surface area is 130 Å². The minimum Gasteiger partial charge on any atom is -1.00 e. The summed E-state index contributed by atoms with van der Waals surface area (Å²) in [6.07, 6.45) is 0. The molecule has 2 aromatic rings. The molecule has 2 aromatic carbocycles. The summed E-state index contributed by atoms with van der Waals surface area (Å²) in [4.78, 5) is 1.89. The van der Waals surface area contributed by atoms with E-state index in [0.29, 0.717) is 0 Å². The molecule has 0 bridgehead atoms. The predicted molar refractivity (Wildman–Crippen MR) is 69.2 cm³/mol. The molecule has 4 nitrogen and oxygen atoms in total. The summed E-state index contributed by atoms with van der Waals surface area (Å²) in [5, 5.41) is 1.72. The van der Waals surface area contributed by atoms with Crippen LogP contribution in [0.15, 0.2) is 41.3 Å². The summed E-state index contributed by atoms with van der Waals surface area (Å²) in [5.41, 5.74) is 1.04. The van der Waals surface area contributed by atoms with Crippen LogP contribution in [0.1, 0.15) is 1.43 Å². The summed E-state index contributed by atoms with van der Waals surface area (Å²) in [5.74, 6) is 0. The molecule has 0 unspecified atom stereocenters. The maximum Gasteiger partial charge on any atom is 1.00 e. The molecule has 0 heterocycles. The molecule has 0 fully saturated rings. The third-order valence-corrected chi connectivity index (χ3v) is 3.46. The Morgan fingerprint density at radius 3 is 2.17 bits per heavy atom. The zero-order chi connectivity index (χ0) is 12.6. The second-order valence-corrected chi connectivity index (χ2v) is 5.48. The van der Waals surface area contributed by atoms with Crippen molar-refractivity contribution in [2.75, 3.05) is 19.0 Å². The van der Waals surface area contributed by atoms with Crippen molar-refractivity contribution in [3.05, 3.63) is 36.4 Å². The summed E-state index contributed by atoms with van der Waals surface area (Å²) < 4.78 is 31.0. The van der Waals surface area contributed by atoms with Gasteiger partial charge in [-0.3, -0.25) is 4.55 Å². The molecule has 0 aliphatic carbocycles. The fourth-order valence-corrected chi connectivity index (χ4v) is 2.17. The summed E-state index contributed by atoms with van der Waals surface area (Å²) >= 11 is 0. The fourth-order valence-electron chi connectivity index (χ4n) is 1.65. The Balaban J connectivity index is 0.00000162. The van der Waals surface area contributed by atoms with Gasteiger partial charge in [0.05, 0.1) is 4.90 Å². The van der Waals surface area contributed by atoms with Gasteiger partial charge in [0.25, 0.3) is 10.1 Å². The number of hydrogen-bond donors (Lipinski definition) is 1. The van der Waals surface area contributed by atoms with E-state index in [2.05, 4.69) is 0 Å². The van der Waals surface area contributed by atoms with E-state index in [0.717, 1.165) is 16.5 Å². The van der Waals surface area contributed by atoms with Crippen molar-refractivity contribution in [3.63, 3.8) is 0 Å². The molecule has 92 valence electrons. The van der Waals surface area contributed by atoms with E-state index in [1.807, 2.05) is 37.2 Å². The number of rotatable bonds is 2. The van der Waals surface area contributed by atoms with Crippen LogP contribution in [0.2, 0.25) is 0 Å². The number of fused-ring (bicyclic) bond motifs is 1. The van der Waals surface area contributed by atoms with Crippen LogP contribution in [0.25, 0.3) is 10.8 Å². The molecule has 0 saturated carbocycles. The molecule has 18 heavy (non-hydrogen) atoms. The van der Waals surface area contributed by atoms with Crippen molar-refractivity contribution in [2.45, 2.75) is 4.90 Å². The molecule has 0 aromatic heterocycles. The van der Waals surface area contributed by atoms with E-state index in [9.17, 15) is 8.42 Å². The first-order chi connectivity index (χ1) is 7.88. The van der Waals surface area contributed by atoms with Gasteiger partial charge < -0.3 is 6.33 Å². The van der Waals surface area contributed by atoms with Crippen molar-refractivity contribution in [1.82, 2.24) is 0 Å². The van der Waals surface area contributed by atoms with Crippen LogP contribution < -0.4 is 34.5 Å². The molecule has 0 aliphatic heterocycles. The largest absolute Gasteiger partial charge is 1.00 e. The van der Waals surface area contributed by atoms with E-state index >= 15 is 0 Å². The monoisotopic (exact) mass is 275 g/mol. The van der Waals surface area contributed by atoms with Gasteiger partial charge in [0.15, 0.2) is 0 Å². The first-order valence-corrected chi connectivity index (χ1v) is 6.50. The molecule has 0 amide bonds. The van der Waals surface area contributed by atoms with Gasteiger partial charge in [0.1, 0.15) is 0 Å². The van der Waals surface area contributed by atoms with Crippen LogP contribution in [0.5, 0.6) is 0 Å². The molecular weight excluding hydrogens is 261 g/mol. The van der Waals surface area contributed by atoms with E-state index in [1.165, 1.54) is 12.1 Å². The number of hydrogen-bond acceptors (Lipinski definition) is 3. The van der Waals surface area contributed by atoms with Crippen molar-refractivity contribution >= 4 is 26.6 Å². The van der Waals surface area contributed by atoms with Gasteiger partial charge in [-0.15, -0.1) is 0 Å². The molecule has 6 heteroatoms. The van der Waals surface area contributed by atoms with E-state index in [-0.39, 0.29) is 35.9 Å². The zero-order valence-corrected chi connectivity index (χ0v) is 13.4. The standard InChI is InChI=1S/C12H13NO3S.Na.H/c1-13(2)11-5-3-10-8-12(17(14,15)16)6-4-9(10)7-11;;/h3-8H,1-2H3,(H,14,15,16);;/q;+1;-1. The Morgan fingerprint density at radius 2 is 1.61 bits per heavy atom. The molecule has 1 N–H and O–H groups in total. The van der Waals surface area contributed by atoms with Crippen LogP contribution in [0.3, 0.4) is 0 Å². The number of nitrogens with zero attached hydrogens (tertiary/aromatic N) is 1. The second-order valence-electron chi connectivity index (χ2n) is 4.06. The number of anilines is 1. The predicted octanol–water partition coefficient (Wildman–Crippen LogP) is -0.731. The van der Waals surface area contributed by atoms with Gasteiger partial charge in [0, 0.05) is 19.8 Å².